The van der Waals surface area contributed by atoms with Gasteiger partial charge in [0.1, 0.15) is 11.5 Å². The molecule has 0 saturated carbocycles. The van der Waals surface area contributed by atoms with Crippen molar-refractivity contribution < 1.29 is 10.2 Å². The standard InChI is InChI=1S/C29H44O2/c1-25(2,3)19-27(7,8)29(21-11-15-23(30)16-12-21,22-13-17-24(31)18-14-22)28(9,10)20-26(4,5)6/h11-18,30-31H,19-20H2,1-10H3. The van der Waals surface area contributed by atoms with Crippen molar-refractivity contribution >= 4 is 0 Å². The Morgan fingerprint density at radius 1 is 0.484 bits per heavy atom. The molecule has 0 heterocycles. The van der Waals surface area contributed by atoms with Crippen molar-refractivity contribution in [2.45, 2.75) is 87.5 Å². The highest BCUT2D eigenvalue weighted by molar-refractivity contribution is 5.47. The minimum absolute atomic E-state index is 0.117. The largest absolute Gasteiger partial charge is 0.508 e. The van der Waals surface area contributed by atoms with Crippen LogP contribution in [0.15, 0.2) is 48.5 Å². The summed E-state index contributed by atoms with van der Waals surface area (Å²) in [5.74, 6) is 0.566. The number of hydrogen-bond donors (Lipinski definition) is 2. The van der Waals surface area contributed by atoms with Crippen LogP contribution in [-0.2, 0) is 5.41 Å². The summed E-state index contributed by atoms with van der Waals surface area (Å²) >= 11 is 0. The van der Waals surface area contributed by atoms with Gasteiger partial charge >= 0.3 is 0 Å². The van der Waals surface area contributed by atoms with Gasteiger partial charge in [0.2, 0.25) is 0 Å². The maximum absolute atomic E-state index is 10.1. The maximum atomic E-state index is 10.1. The second-order valence-electron chi connectivity index (χ2n) is 13.1. The molecular weight excluding hydrogens is 380 g/mol. The summed E-state index contributed by atoms with van der Waals surface area (Å²) in [6, 6.07) is 15.6. The van der Waals surface area contributed by atoms with Crippen molar-refractivity contribution in [3.63, 3.8) is 0 Å². The molecule has 0 bridgehead atoms. The lowest BCUT2D eigenvalue weighted by atomic mass is 9.43. The van der Waals surface area contributed by atoms with Gasteiger partial charge in [0.25, 0.3) is 0 Å². The first-order valence-corrected chi connectivity index (χ1v) is 11.5. The number of aromatic hydroxyl groups is 2. The molecule has 0 unspecified atom stereocenters. The number of phenolic OH excluding ortho intramolecular Hbond substituents is 2. The van der Waals surface area contributed by atoms with E-state index < -0.39 is 0 Å². The molecule has 0 fully saturated rings. The van der Waals surface area contributed by atoms with Gasteiger partial charge < -0.3 is 10.2 Å². The minimum atomic E-state index is -0.345. The summed E-state index contributed by atoms with van der Waals surface area (Å²) in [6.45, 7) is 23.4. The smallest absolute Gasteiger partial charge is 0.115 e. The molecule has 172 valence electrons. The van der Waals surface area contributed by atoms with E-state index in [0.29, 0.717) is 0 Å². The lowest BCUT2D eigenvalue weighted by molar-refractivity contribution is 0.00399. The van der Waals surface area contributed by atoms with Gasteiger partial charge in [-0.1, -0.05) is 93.5 Å². The Labute approximate surface area is 190 Å². The highest BCUT2D eigenvalue weighted by Gasteiger charge is 2.58. The van der Waals surface area contributed by atoms with E-state index in [1.165, 1.54) is 11.1 Å². The van der Waals surface area contributed by atoms with Gasteiger partial charge in [-0.25, -0.2) is 0 Å². The molecular formula is C29H44O2. The predicted molar refractivity (Wildman–Crippen MR) is 133 cm³/mol. The van der Waals surface area contributed by atoms with Crippen LogP contribution in [0.1, 0.15) is 93.2 Å². The van der Waals surface area contributed by atoms with Crippen LogP contribution >= 0.6 is 0 Å². The number of phenols is 2. The third-order valence-corrected chi connectivity index (χ3v) is 6.58. The van der Waals surface area contributed by atoms with Gasteiger partial charge in [-0.05, 0) is 69.9 Å². The van der Waals surface area contributed by atoms with Crippen LogP contribution in [0.25, 0.3) is 0 Å². The first kappa shape index (κ1) is 25.3. The van der Waals surface area contributed by atoms with Crippen LogP contribution in [0, 0.1) is 21.7 Å². The summed E-state index contributed by atoms with van der Waals surface area (Å²) in [5, 5.41) is 20.1. The predicted octanol–water partition coefficient (Wildman–Crippen LogP) is 8.31. The van der Waals surface area contributed by atoms with Crippen LogP contribution in [0.4, 0.5) is 0 Å². The Bertz CT molecular complexity index is 781. The van der Waals surface area contributed by atoms with Crippen molar-refractivity contribution in [2.75, 3.05) is 0 Å². The summed E-state index contributed by atoms with van der Waals surface area (Å²) < 4.78 is 0. The second kappa shape index (κ2) is 8.19. The van der Waals surface area contributed by atoms with Gasteiger partial charge in [0.05, 0.1) is 0 Å². The quantitative estimate of drug-likeness (QED) is 0.489. The molecule has 0 amide bonds. The van der Waals surface area contributed by atoms with Crippen LogP contribution < -0.4 is 0 Å². The zero-order valence-corrected chi connectivity index (χ0v) is 21.4. The molecule has 0 aromatic heterocycles. The molecule has 0 aliphatic heterocycles. The van der Waals surface area contributed by atoms with E-state index in [1.807, 2.05) is 24.3 Å². The second-order valence-corrected chi connectivity index (χ2v) is 13.1. The van der Waals surface area contributed by atoms with Crippen molar-refractivity contribution in [2.24, 2.45) is 21.7 Å². The Hall–Kier alpha value is -1.96. The fourth-order valence-corrected chi connectivity index (χ4v) is 6.99. The first-order chi connectivity index (χ1) is 13.9. The molecule has 0 spiro atoms. The highest BCUT2D eigenvalue weighted by atomic mass is 16.3. The van der Waals surface area contributed by atoms with Crippen molar-refractivity contribution in [3.05, 3.63) is 59.7 Å². The molecule has 0 aliphatic carbocycles. The van der Waals surface area contributed by atoms with E-state index in [0.717, 1.165) is 12.8 Å². The normalized spacial score (nSPS) is 14.0. The van der Waals surface area contributed by atoms with Crippen molar-refractivity contribution in [1.82, 2.24) is 0 Å². The summed E-state index contributed by atoms with van der Waals surface area (Å²) in [5.41, 5.74) is 2.11. The van der Waals surface area contributed by atoms with E-state index in [9.17, 15) is 10.2 Å². The minimum Gasteiger partial charge on any atom is -0.508 e. The maximum Gasteiger partial charge on any atom is 0.115 e. The summed E-state index contributed by atoms with van der Waals surface area (Å²) in [7, 11) is 0. The lowest BCUT2D eigenvalue weighted by Gasteiger charge is -2.60. The number of benzene rings is 2. The Kier molecular flexibility index (Phi) is 6.68. The van der Waals surface area contributed by atoms with Crippen LogP contribution in [0.3, 0.4) is 0 Å². The molecule has 0 aliphatic rings. The molecule has 2 aromatic carbocycles. The Balaban J connectivity index is 2.99. The zero-order valence-electron chi connectivity index (χ0n) is 21.4. The molecule has 2 N–H and O–H groups in total. The van der Waals surface area contributed by atoms with E-state index >= 15 is 0 Å². The molecule has 2 rings (SSSR count). The zero-order chi connectivity index (χ0) is 23.9. The average Bonchev–Trinajstić information content (AvgIpc) is 2.53. The Morgan fingerprint density at radius 2 is 0.742 bits per heavy atom. The molecule has 0 saturated heterocycles. The highest BCUT2D eigenvalue weighted by Crippen LogP contribution is 2.63. The molecule has 31 heavy (non-hydrogen) atoms. The van der Waals surface area contributed by atoms with Gasteiger partial charge in [0, 0.05) is 5.41 Å². The van der Waals surface area contributed by atoms with E-state index in [2.05, 4.69) is 93.5 Å². The third kappa shape index (κ3) is 5.27. The molecule has 2 heteroatoms. The van der Waals surface area contributed by atoms with Crippen LogP contribution in [0.2, 0.25) is 0 Å². The molecule has 0 radical (unpaired) electrons. The van der Waals surface area contributed by atoms with Crippen LogP contribution in [-0.4, -0.2) is 10.2 Å². The van der Waals surface area contributed by atoms with Gasteiger partial charge in [0.15, 0.2) is 0 Å². The third-order valence-electron chi connectivity index (χ3n) is 6.58. The van der Waals surface area contributed by atoms with E-state index in [1.54, 1.807) is 0 Å². The van der Waals surface area contributed by atoms with E-state index in [-0.39, 0.29) is 38.6 Å². The van der Waals surface area contributed by atoms with Crippen LogP contribution in [0.5, 0.6) is 11.5 Å². The molecule has 2 nitrogen and oxygen atoms in total. The summed E-state index contributed by atoms with van der Waals surface area (Å²) in [4.78, 5) is 0. The first-order valence-electron chi connectivity index (χ1n) is 11.5. The topological polar surface area (TPSA) is 40.5 Å². The van der Waals surface area contributed by atoms with Gasteiger partial charge in [-0.2, -0.15) is 0 Å². The fraction of sp³-hybridized carbons (Fsp3) is 0.586. The van der Waals surface area contributed by atoms with Gasteiger partial charge in [-0.3, -0.25) is 0 Å². The van der Waals surface area contributed by atoms with Crippen molar-refractivity contribution in [3.8, 4) is 11.5 Å². The number of hydrogen-bond acceptors (Lipinski definition) is 2. The van der Waals surface area contributed by atoms with Gasteiger partial charge in [-0.15, -0.1) is 0 Å². The Morgan fingerprint density at radius 3 is 0.968 bits per heavy atom. The van der Waals surface area contributed by atoms with E-state index in [4.69, 9.17) is 0 Å². The molecule has 0 atom stereocenters. The monoisotopic (exact) mass is 424 g/mol. The van der Waals surface area contributed by atoms with Crippen molar-refractivity contribution in [1.29, 1.82) is 0 Å². The SMILES string of the molecule is CC(C)(C)CC(C)(C)C(c1ccc(O)cc1)(c1ccc(O)cc1)C(C)(C)CC(C)(C)C. The lowest BCUT2D eigenvalue weighted by Crippen LogP contribution is -2.55. The summed E-state index contributed by atoms with van der Waals surface area (Å²) in [6.07, 6.45) is 2.05. The number of rotatable bonds is 6. The average molecular weight is 425 g/mol. The fourth-order valence-electron chi connectivity index (χ4n) is 6.99. The molecule has 2 aromatic rings.